The quantitative estimate of drug-likeness (QED) is 0.491. The highest BCUT2D eigenvalue weighted by atomic mass is 32.2. The van der Waals surface area contributed by atoms with Gasteiger partial charge in [0.25, 0.3) is 0 Å². The van der Waals surface area contributed by atoms with Crippen LogP contribution >= 0.6 is 11.8 Å². The number of rotatable bonds is 4. The molecule has 104 valence electrons. The molecule has 0 fully saturated rings. The number of thioether (sulfide) groups is 1. The van der Waals surface area contributed by atoms with Crippen molar-refractivity contribution in [3.63, 3.8) is 0 Å². The first kappa shape index (κ1) is 13.7. The zero-order valence-corrected chi connectivity index (χ0v) is 12.6. The van der Waals surface area contributed by atoms with Crippen molar-refractivity contribution >= 4 is 23.7 Å². The molecule has 2 nitrogen and oxygen atoms in total. The normalized spacial score (nSPS) is 11.1. The van der Waals surface area contributed by atoms with Crippen molar-refractivity contribution < 1.29 is 0 Å². The van der Waals surface area contributed by atoms with E-state index in [0.29, 0.717) is 0 Å². The maximum Gasteiger partial charge on any atom is 0.0765 e. The third-order valence-corrected chi connectivity index (χ3v) is 3.99. The van der Waals surface area contributed by atoms with E-state index in [1.54, 1.807) is 11.8 Å². The molecule has 3 aromatic rings. The van der Waals surface area contributed by atoms with Crippen molar-refractivity contribution in [3.05, 3.63) is 78.6 Å². The predicted molar refractivity (Wildman–Crippen MR) is 91.2 cm³/mol. The second-order valence-corrected chi connectivity index (χ2v) is 5.47. The molecule has 2 aromatic carbocycles. The Kier molecular flexibility index (Phi) is 4.22. The van der Waals surface area contributed by atoms with Crippen molar-refractivity contribution in [2.24, 2.45) is 4.99 Å². The van der Waals surface area contributed by atoms with E-state index in [-0.39, 0.29) is 0 Å². The second kappa shape index (κ2) is 6.46. The molecule has 0 saturated heterocycles. The van der Waals surface area contributed by atoms with Crippen LogP contribution in [0.1, 0.15) is 5.56 Å². The van der Waals surface area contributed by atoms with E-state index >= 15 is 0 Å². The average Bonchev–Trinajstić information content (AvgIpc) is 3.03. The lowest BCUT2D eigenvalue weighted by molar-refractivity contribution is 1.08. The lowest BCUT2D eigenvalue weighted by Gasteiger charge is -2.01. The molecule has 0 N–H and O–H groups in total. The van der Waals surface area contributed by atoms with Gasteiger partial charge in [-0.1, -0.05) is 30.3 Å². The standard InChI is InChI=1S/C18H16N2S/c1-21-18-10-6-5-9-17(18)19-13-15-11-12-20(14-15)16-7-3-2-4-8-16/h2-14H,1H3. The van der Waals surface area contributed by atoms with E-state index in [1.165, 1.54) is 4.90 Å². The molecule has 21 heavy (non-hydrogen) atoms. The molecule has 0 aliphatic heterocycles. The van der Waals surface area contributed by atoms with Gasteiger partial charge in [0.15, 0.2) is 0 Å². The Bertz CT molecular complexity index is 745. The Hall–Kier alpha value is -2.26. The summed E-state index contributed by atoms with van der Waals surface area (Å²) in [6, 6.07) is 20.5. The molecule has 3 heteroatoms. The van der Waals surface area contributed by atoms with Gasteiger partial charge in [0.1, 0.15) is 0 Å². The smallest absolute Gasteiger partial charge is 0.0765 e. The Morgan fingerprint density at radius 1 is 0.952 bits per heavy atom. The van der Waals surface area contributed by atoms with Crippen LogP contribution in [0, 0.1) is 0 Å². The Labute approximate surface area is 129 Å². The number of para-hydroxylation sites is 2. The fraction of sp³-hybridized carbons (Fsp3) is 0.0556. The van der Waals surface area contributed by atoms with Crippen molar-refractivity contribution in [1.82, 2.24) is 4.57 Å². The van der Waals surface area contributed by atoms with E-state index in [4.69, 9.17) is 0 Å². The molecule has 0 amide bonds. The van der Waals surface area contributed by atoms with Crippen molar-refractivity contribution in [2.75, 3.05) is 6.26 Å². The molecule has 0 radical (unpaired) electrons. The van der Waals surface area contributed by atoms with Crippen molar-refractivity contribution in [1.29, 1.82) is 0 Å². The summed E-state index contributed by atoms with van der Waals surface area (Å²) in [4.78, 5) is 5.79. The fourth-order valence-electron chi connectivity index (χ4n) is 2.13. The molecule has 0 spiro atoms. The molecule has 0 aliphatic carbocycles. The van der Waals surface area contributed by atoms with Gasteiger partial charge in [0, 0.05) is 34.8 Å². The predicted octanol–water partition coefficient (Wildman–Crippen LogP) is 4.95. The van der Waals surface area contributed by atoms with Gasteiger partial charge < -0.3 is 4.57 Å². The molecule has 0 aliphatic rings. The number of nitrogens with zero attached hydrogens (tertiary/aromatic N) is 2. The van der Waals surface area contributed by atoms with Crippen molar-refractivity contribution in [3.8, 4) is 5.69 Å². The highest BCUT2D eigenvalue weighted by Crippen LogP contribution is 2.27. The Morgan fingerprint density at radius 3 is 2.52 bits per heavy atom. The number of benzene rings is 2. The largest absolute Gasteiger partial charge is 0.323 e. The van der Waals surface area contributed by atoms with Gasteiger partial charge in [-0.3, -0.25) is 4.99 Å². The average molecular weight is 292 g/mol. The van der Waals surface area contributed by atoms with Crippen molar-refractivity contribution in [2.45, 2.75) is 4.90 Å². The van der Waals surface area contributed by atoms with E-state index in [0.717, 1.165) is 16.9 Å². The van der Waals surface area contributed by atoms with Gasteiger partial charge in [0.05, 0.1) is 5.69 Å². The molecule has 0 saturated carbocycles. The summed E-state index contributed by atoms with van der Waals surface area (Å²) in [6.07, 6.45) is 8.12. The molecule has 0 unspecified atom stereocenters. The van der Waals surface area contributed by atoms with Gasteiger partial charge >= 0.3 is 0 Å². The summed E-state index contributed by atoms with van der Waals surface area (Å²) in [6.45, 7) is 0. The highest BCUT2D eigenvalue weighted by molar-refractivity contribution is 7.98. The maximum absolute atomic E-state index is 4.60. The van der Waals surface area contributed by atoms with Gasteiger partial charge in [-0.15, -0.1) is 11.8 Å². The van der Waals surface area contributed by atoms with Crippen LogP contribution in [0.2, 0.25) is 0 Å². The third kappa shape index (κ3) is 3.26. The van der Waals surface area contributed by atoms with Crippen LogP contribution in [0.5, 0.6) is 0 Å². The summed E-state index contributed by atoms with van der Waals surface area (Å²) in [5.41, 5.74) is 3.26. The van der Waals surface area contributed by atoms with Crippen LogP contribution in [-0.4, -0.2) is 17.0 Å². The summed E-state index contributed by atoms with van der Waals surface area (Å²) in [7, 11) is 0. The Balaban J connectivity index is 1.83. The summed E-state index contributed by atoms with van der Waals surface area (Å²) in [5, 5.41) is 0. The lowest BCUT2D eigenvalue weighted by atomic mass is 10.3. The number of hydrogen-bond acceptors (Lipinski definition) is 2. The van der Waals surface area contributed by atoms with Crippen LogP contribution < -0.4 is 0 Å². The topological polar surface area (TPSA) is 17.3 Å². The number of aliphatic imine (C=N–C) groups is 1. The first-order valence-corrected chi connectivity index (χ1v) is 8.00. The first-order chi connectivity index (χ1) is 10.4. The highest BCUT2D eigenvalue weighted by Gasteiger charge is 1.99. The minimum absolute atomic E-state index is 1.01. The molecule has 1 aromatic heterocycles. The van der Waals surface area contributed by atoms with E-state index in [1.807, 2.05) is 42.6 Å². The minimum Gasteiger partial charge on any atom is -0.323 e. The molecular weight excluding hydrogens is 276 g/mol. The van der Waals surface area contributed by atoms with Gasteiger partial charge in [-0.05, 0) is 36.6 Å². The molecule has 3 rings (SSSR count). The minimum atomic E-state index is 1.01. The molecular formula is C18H16N2S. The maximum atomic E-state index is 4.60. The van der Waals surface area contributed by atoms with Gasteiger partial charge in [-0.2, -0.15) is 0 Å². The first-order valence-electron chi connectivity index (χ1n) is 6.77. The van der Waals surface area contributed by atoms with E-state index in [9.17, 15) is 0 Å². The number of hydrogen-bond donors (Lipinski definition) is 0. The van der Waals surface area contributed by atoms with Gasteiger partial charge in [0.2, 0.25) is 0 Å². The Morgan fingerprint density at radius 2 is 1.71 bits per heavy atom. The molecule has 0 bridgehead atoms. The molecule has 0 atom stereocenters. The second-order valence-electron chi connectivity index (χ2n) is 4.62. The zero-order chi connectivity index (χ0) is 14.5. The summed E-state index contributed by atoms with van der Waals surface area (Å²) in [5.74, 6) is 0. The fourth-order valence-corrected chi connectivity index (χ4v) is 2.68. The third-order valence-electron chi connectivity index (χ3n) is 3.21. The van der Waals surface area contributed by atoms with E-state index in [2.05, 4.69) is 52.5 Å². The number of aromatic nitrogens is 1. The van der Waals surface area contributed by atoms with Crippen LogP contribution in [0.4, 0.5) is 5.69 Å². The van der Waals surface area contributed by atoms with Crippen LogP contribution in [0.3, 0.4) is 0 Å². The van der Waals surface area contributed by atoms with Crippen LogP contribution in [-0.2, 0) is 0 Å². The van der Waals surface area contributed by atoms with Crippen LogP contribution in [0.15, 0.2) is 82.9 Å². The van der Waals surface area contributed by atoms with Gasteiger partial charge in [-0.25, -0.2) is 0 Å². The van der Waals surface area contributed by atoms with Crippen LogP contribution in [0.25, 0.3) is 5.69 Å². The molecule has 1 heterocycles. The summed E-state index contributed by atoms with van der Waals surface area (Å²) < 4.78 is 2.10. The summed E-state index contributed by atoms with van der Waals surface area (Å²) >= 11 is 1.71. The lowest BCUT2D eigenvalue weighted by Crippen LogP contribution is -1.88. The zero-order valence-electron chi connectivity index (χ0n) is 11.8. The SMILES string of the molecule is CSc1ccccc1N=Cc1ccn(-c2ccccc2)c1. The monoisotopic (exact) mass is 292 g/mol. The van der Waals surface area contributed by atoms with E-state index < -0.39 is 0 Å².